The summed E-state index contributed by atoms with van der Waals surface area (Å²) in [5.74, 6) is -1.01. The average Bonchev–Trinajstić information content (AvgIpc) is 2.06. The average molecular weight is 188 g/mol. The Balaban J connectivity index is 0. The first-order valence-electron chi connectivity index (χ1n) is 4.17. The van der Waals surface area contributed by atoms with E-state index in [2.05, 4.69) is 0 Å². The van der Waals surface area contributed by atoms with Gasteiger partial charge >= 0.3 is 0 Å². The molecular weight excluding hydrogens is 170 g/mol. The topological polar surface area (TPSA) is 0 Å². The largest absolute Gasteiger partial charge is 0.207 e. The van der Waals surface area contributed by atoms with Crippen molar-refractivity contribution in [3.8, 4) is 0 Å². The van der Waals surface area contributed by atoms with Crippen molar-refractivity contribution in [1.82, 2.24) is 0 Å². The Morgan fingerprint density at radius 2 is 1.38 bits per heavy atom. The molecule has 0 aliphatic carbocycles. The highest BCUT2D eigenvalue weighted by Gasteiger charge is 1.96. The standard InChI is InChI=1S/C8H8F2.C2H6.CH4/c1-2-6-3-7(9)5-8(10)4-6;1-2;/h3-5H,2H2,1H3;1-2H3;1H4. The zero-order valence-electron chi connectivity index (χ0n) is 7.70. The normalized spacial score (nSPS) is 8.08. The van der Waals surface area contributed by atoms with Gasteiger partial charge in [0.1, 0.15) is 11.6 Å². The van der Waals surface area contributed by atoms with Crippen molar-refractivity contribution in [2.75, 3.05) is 0 Å². The van der Waals surface area contributed by atoms with Crippen LogP contribution in [0.3, 0.4) is 0 Å². The van der Waals surface area contributed by atoms with Crippen LogP contribution in [0, 0.1) is 11.6 Å². The summed E-state index contributed by atoms with van der Waals surface area (Å²) in [7, 11) is 0. The second kappa shape index (κ2) is 7.71. The number of halogens is 2. The van der Waals surface area contributed by atoms with E-state index in [1.807, 2.05) is 20.8 Å². The molecule has 0 aliphatic heterocycles. The summed E-state index contributed by atoms with van der Waals surface area (Å²) in [6.45, 7) is 5.86. The summed E-state index contributed by atoms with van der Waals surface area (Å²) in [6, 6.07) is 3.55. The lowest BCUT2D eigenvalue weighted by atomic mass is 10.2. The van der Waals surface area contributed by atoms with E-state index in [1.165, 1.54) is 12.1 Å². The maximum atomic E-state index is 12.4. The first-order chi connectivity index (χ1) is 5.72. The zero-order chi connectivity index (χ0) is 9.56. The minimum atomic E-state index is -0.503. The fraction of sp³-hybridized carbons (Fsp3) is 0.455. The Labute approximate surface area is 79.6 Å². The van der Waals surface area contributed by atoms with Crippen LogP contribution in [0.15, 0.2) is 18.2 Å². The van der Waals surface area contributed by atoms with Gasteiger partial charge in [-0.15, -0.1) is 0 Å². The number of benzene rings is 1. The molecule has 1 rings (SSSR count). The fourth-order valence-electron chi connectivity index (χ4n) is 0.815. The monoisotopic (exact) mass is 188 g/mol. The lowest BCUT2D eigenvalue weighted by Gasteiger charge is -1.95. The summed E-state index contributed by atoms with van der Waals surface area (Å²) in [5, 5.41) is 0. The van der Waals surface area contributed by atoms with Gasteiger partial charge < -0.3 is 0 Å². The van der Waals surface area contributed by atoms with Crippen molar-refractivity contribution in [3.05, 3.63) is 35.4 Å². The van der Waals surface area contributed by atoms with Crippen molar-refractivity contribution in [2.24, 2.45) is 0 Å². The number of hydrogen-bond acceptors (Lipinski definition) is 0. The molecule has 0 amide bonds. The van der Waals surface area contributed by atoms with Crippen LogP contribution in [0.2, 0.25) is 0 Å². The van der Waals surface area contributed by atoms with Gasteiger partial charge in [-0.25, -0.2) is 8.78 Å². The molecular formula is C11H18F2. The molecule has 0 heterocycles. The quantitative estimate of drug-likeness (QED) is 0.620. The second-order valence-corrected chi connectivity index (χ2v) is 2.13. The minimum absolute atomic E-state index is 0. The number of hydrogen-bond donors (Lipinski definition) is 0. The van der Waals surface area contributed by atoms with Crippen LogP contribution in [0.4, 0.5) is 8.78 Å². The van der Waals surface area contributed by atoms with Crippen molar-refractivity contribution in [1.29, 1.82) is 0 Å². The fourth-order valence-corrected chi connectivity index (χ4v) is 0.815. The van der Waals surface area contributed by atoms with E-state index in [4.69, 9.17) is 0 Å². The molecule has 0 saturated carbocycles. The van der Waals surface area contributed by atoms with E-state index >= 15 is 0 Å². The molecule has 0 nitrogen and oxygen atoms in total. The Hall–Kier alpha value is -0.920. The summed E-state index contributed by atoms with van der Waals surface area (Å²) in [4.78, 5) is 0. The van der Waals surface area contributed by atoms with Gasteiger partial charge in [-0.05, 0) is 24.1 Å². The minimum Gasteiger partial charge on any atom is -0.207 e. The maximum absolute atomic E-state index is 12.4. The van der Waals surface area contributed by atoms with Gasteiger partial charge in [-0.2, -0.15) is 0 Å². The number of rotatable bonds is 1. The van der Waals surface area contributed by atoms with Gasteiger partial charge in [-0.3, -0.25) is 0 Å². The Bertz CT molecular complexity index is 211. The Kier molecular flexibility index (Phi) is 8.66. The van der Waals surface area contributed by atoms with Crippen molar-refractivity contribution >= 4 is 0 Å². The summed E-state index contributed by atoms with van der Waals surface area (Å²) in [5.41, 5.74) is 0.692. The molecule has 1 aromatic carbocycles. The molecule has 0 fully saturated rings. The Morgan fingerprint density at radius 1 is 1.00 bits per heavy atom. The van der Waals surface area contributed by atoms with Crippen LogP contribution >= 0.6 is 0 Å². The van der Waals surface area contributed by atoms with Crippen LogP contribution in [0.5, 0.6) is 0 Å². The van der Waals surface area contributed by atoms with E-state index < -0.39 is 11.6 Å². The molecule has 0 unspecified atom stereocenters. The van der Waals surface area contributed by atoms with E-state index in [-0.39, 0.29) is 7.43 Å². The lowest BCUT2D eigenvalue weighted by molar-refractivity contribution is 0.580. The highest BCUT2D eigenvalue weighted by Crippen LogP contribution is 2.07. The molecule has 0 bridgehead atoms. The maximum Gasteiger partial charge on any atom is 0.126 e. The van der Waals surface area contributed by atoms with Crippen molar-refractivity contribution in [2.45, 2.75) is 34.6 Å². The van der Waals surface area contributed by atoms with Gasteiger partial charge in [0.25, 0.3) is 0 Å². The second-order valence-electron chi connectivity index (χ2n) is 2.13. The van der Waals surface area contributed by atoms with Gasteiger partial charge in [-0.1, -0.05) is 28.2 Å². The summed E-state index contributed by atoms with van der Waals surface area (Å²) in [6.07, 6.45) is 0.661. The predicted molar refractivity (Wildman–Crippen MR) is 53.8 cm³/mol. The molecule has 0 N–H and O–H groups in total. The van der Waals surface area contributed by atoms with Crippen LogP contribution in [0.1, 0.15) is 33.8 Å². The first-order valence-corrected chi connectivity index (χ1v) is 4.17. The van der Waals surface area contributed by atoms with Gasteiger partial charge in [0, 0.05) is 6.07 Å². The molecule has 0 saturated heterocycles. The molecule has 0 spiro atoms. The molecule has 0 radical (unpaired) electrons. The molecule has 2 heteroatoms. The number of aryl methyl sites for hydroxylation is 1. The smallest absolute Gasteiger partial charge is 0.126 e. The molecule has 1 aromatic rings. The van der Waals surface area contributed by atoms with E-state index in [0.717, 1.165) is 6.07 Å². The van der Waals surface area contributed by atoms with Crippen LogP contribution in [0.25, 0.3) is 0 Å². The molecule has 0 aromatic heterocycles. The van der Waals surface area contributed by atoms with Crippen LogP contribution in [-0.4, -0.2) is 0 Å². The summed E-state index contributed by atoms with van der Waals surface area (Å²) < 4.78 is 24.8. The van der Waals surface area contributed by atoms with Crippen molar-refractivity contribution in [3.63, 3.8) is 0 Å². The third-order valence-corrected chi connectivity index (χ3v) is 1.33. The van der Waals surface area contributed by atoms with Gasteiger partial charge in [0.2, 0.25) is 0 Å². The third kappa shape index (κ3) is 5.34. The zero-order valence-corrected chi connectivity index (χ0v) is 7.70. The first kappa shape index (κ1) is 14.6. The molecule has 13 heavy (non-hydrogen) atoms. The molecule has 0 aliphatic rings. The van der Waals surface area contributed by atoms with Crippen LogP contribution < -0.4 is 0 Å². The highest BCUT2D eigenvalue weighted by molar-refractivity contribution is 5.17. The predicted octanol–water partition coefficient (Wildman–Crippen LogP) is 4.19. The molecule has 0 atom stereocenters. The third-order valence-electron chi connectivity index (χ3n) is 1.33. The van der Waals surface area contributed by atoms with Gasteiger partial charge in [0.05, 0.1) is 0 Å². The SMILES string of the molecule is C.CC.CCc1cc(F)cc(F)c1. The van der Waals surface area contributed by atoms with Crippen LogP contribution in [-0.2, 0) is 6.42 Å². The van der Waals surface area contributed by atoms with E-state index in [9.17, 15) is 8.78 Å². The van der Waals surface area contributed by atoms with Gasteiger partial charge in [0.15, 0.2) is 0 Å². The highest BCUT2D eigenvalue weighted by atomic mass is 19.1. The van der Waals surface area contributed by atoms with Crippen molar-refractivity contribution < 1.29 is 8.78 Å². The summed E-state index contributed by atoms with van der Waals surface area (Å²) >= 11 is 0. The molecule has 76 valence electrons. The lowest BCUT2D eigenvalue weighted by Crippen LogP contribution is -1.84. The van der Waals surface area contributed by atoms with E-state index in [0.29, 0.717) is 12.0 Å². The van der Waals surface area contributed by atoms with E-state index in [1.54, 1.807) is 0 Å². The Morgan fingerprint density at radius 3 is 1.69 bits per heavy atom.